The van der Waals surface area contributed by atoms with E-state index in [0.717, 1.165) is 17.0 Å². The minimum absolute atomic E-state index is 0.00371. The van der Waals surface area contributed by atoms with E-state index in [1.165, 1.54) is 0 Å². The summed E-state index contributed by atoms with van der Waals surface area (Å²) in [5, 5.41) is 2.93. The van der Waals surface area contributed by atoms with Crippen LogP contribution in [0.3, 0.4) is 0 Å². The summed E-state index contributed by atoms with van der Waals surface area (Å²) in [5.41, 5.74) is 1.82. The Morgan fingerprint density at radius 1 is 1.26 bits per heavy atom. The molecular formula is C21H25N3O3. The summed E-state index contributed by atoms with van der Waals surface area (Å²) in [6.45, 7) is 5.28. The van der Waals surface area contributed by atoms with Crippen LogP contribution in [0, 0.1) is 5.92 Å². The maximum Gasteiger partial charge on any atom is 0.225 e. The zero-order valence-corrected chi connectivity index (χ0v) is 15.7. The first-order valence-corrected chi connectivity index (χ1v) is 9.22. The fraction of sp³-hybridized carbons (Fsp3) is 0.381. The van der Waals surface area contributed by atoms with Gasteiger partial charge in [-0.1, -0.05) is 18.2 Å². The zero-order chi connectivity index (χ0) is 19.2. The third kappa shape index (κ3) is 5.29. The molecule has 0 spiro atoms. The van der Waals surface area contributed by atoms with Crippen LogP contribution in [0.15, 0.2) is 48.7 Å². The van der Waals surface area contributed by atoms with Gasteiger partial charge >= 0.3 is 0 Å². The second kappa shape index (κ2) is 8.66. The second-order valence-corrected chi connectivity index (χ2v) is 7.02. The summed E-state index contributed by atoms with van der Waals surface area (Å²) in [4.78, 5) is 30.6. The summed E-state index contributed by atoms with van der Waals surface area (Å²) < 4.78 is 5.61. The van der Waals surface area contributed by atoms with Crippen molar-refractivity contribution in [2.45, 2.75) is 39.5 Å². The third-order valence-electron chi connectivity index (χ3n) is 4.43. The molecule has 142 valence electrons. The van der Waals surface area contributed by atoms with Crippen LogP contribution in [0.5, 0.6) is 5.75 Å². The number of carbonyl (C=O) groups is 2. The van der Waals surface area contributed by atoms with Gasteiger partial charge in [0.1, 0.15) is 5.75 Å². The molecule has 0 radical (unpaired) electrons. The van der Waals surface area contributed by atoms with E-state index in [2.05, 4.69) is 10.3 Å². The van der Waals surface area contributed by atoms with Crippen LogP contribution in [0.2, 0.25) is 0 Å². The van der Waals surface area contributed by atoms with Crippen molar-refractivity contribution >= 4 is 11.8 Å². The van der Waals surface area contributed by atoms with Gasteiger partial charge in [-0.25, -0.2) is 0 Å². The highest BCUT2D eigenvalue weighted by atomic mass is 16.5. The van der Waals surface area contributed by atoms with Crippen molar-refractivity contribution < 1.29 is 14.3 Å². The van der Waals surface area contributed by atoms with Gasteiger partial charge in [0, 0.05) is 25.7 Å². The standard InChI is InChI=1S/C21H25N3O3/c1-15(2)27-19-8-6-16(7-9-19)12-23-21(26)17-11-20(25)24(13-17)14-18-5-3-4-10-22-18/h3-10,15,17H,11-14H2,1-2H3,(H,23,26)/t17-/m0/s1. The average molecular weight is 367 g/mol. The number of pyridine rings is 1. The second-order valence-electron chi connectivity index (χ2n) is 7.02. The fourth-order valence-electron chi connectivity index (χ4n) is 3.08. The number of rotatable bonds is 7. The molecule has 3 rings (SSSR count). The molecule has 6 nitrogen and oxygen atoms in total. The summed E-state index contributed by atoms with van der Waals surface area (Å²) >= 11 is 0. The highest BCUT2D eigenvalue weighted by Crippen LogP contribution is 2.20. The minimum atomic E-state index is -0.315. The number of hydrogen-bond donors (Lipinski definition) is 1. The first-order chi connectivity index (χ1) is 13.0. The summed E-state index contributed by atoms with van der Waals surface area (Å²) in [6.07, 6.45) is 2.08. The number of benzene rings is 1. The van der Waals surface area contributed by atoms with Gasteiger partial charge in [-0.2, -0.15) is 0 Å². The van der Waals surface area contributed by atoms with Crippen molar-refractivity contribution in [3.8, 4) is 5.75 Å². The number of nitrogens with zero attached hydrogens (tertiary/aromatic N) is 2. The van der Waals surface area contributed by atoms with Gasteiger partial charge in [0.25, 0.3) is 0 Å². The maximum atomic E-state index is 12.4. The number of aromatic nitrogens is 1. The van der Waals surface area contributed by atoms with Crippen LogP contribution in [0.1, 0.15) is 31.5 Å². The van der Waals surface area contributed by atoms with Crippen LogP contribution in [-0.4, -0.2) is 34.3 Å². The lowest BCUT2D eigenvalue weighted by molar-refractivity contribution is -0.129. The third-order valence-corrected chi connectivity index (χ3v) is 4.43. The summed E-state index contributed by atoms with van der Waals surface area (Å²) in [7, 11) is 0. The number of carbonyl (C=O) groups excluding carboxylic acids is 2. The smallest absolute Gasteiger partial charge is 0.225 e. The molecule has 0 aliphatic carbocycles. The number of ether oxygens (including phenoxy) is 1. The highest BCUT2D eigenvalue weighted by Gasteiger charge is 2.34. The zero-order valence-electron chi connectivity index (χ0n) is 15.7. The molecule has 1 aromatic heterocycles. The first kappa shape index (κ1) is 18.9. The van der Waals surface area contributed by atoms with E-state index in [1.54, 1.807) is 11.1 Å². The Morgan fingerprint density at radius 3 is 2.70 bits per heavy atom. The number of hydrogen-bond acceptors (Lipinski definition) is 4. The van der Waals surface area contributed by atoms with Gasteiger partial charge in [0.15, 0.2) is 0 Å². The fourth-order valence-corrected chi connectivity index (χ4v) is 3.08. The molecule has 1 fully saturated rings. The lowest BCUT2D eigenvalue weighted by Gasteiger charge is -2.16. The Labute approximate surface area is 159 Å². The molecule has 2 heterocycles. The van der Waals surface area contributed by atoms with E-state index >= 15 is 0 Å². The van der Waals surface area contributed by atoms with Crippen molar-refractivity contribution in [1.29, 1.82) is 0 Å². The molecule has 1 saturated heterocycles. The van der Waals surface area contributed by atoms with Crippen LogP contribution in [-0.2, 0) is 22.7 Å². The largest absolute Gasteiger partial charge is 0.491 e. The van der Waals surface area contributed by atoms with Gasteiger partial charge in [0.05, 0.1) is 24.3 Å². The van der Waals surface area contributed by atoms with Gasteiger partial charge in [-0.05, 0) is 43.7 Å². The Bertz CT molecular complexity index is 775. The molecule has 2 aromatic rings. The van der Waals surface area contributed by atoms with Crippen LogP contribution < -0.4 is 10.1 Å². The van der Waals surface area contributed by atoms with E-state index < -0.39 is 0 Å². The average Bonchev–Trinajstić information content (AvgIpc) is 3.02. The molecule has 0 saturated carbocycles. The normalized spacial score (nSPS) is 16.6. The van der Waals surface area contributed by atoms with Crippen molar-refractivity contribution in [2.24, 2.45) is 5.92 Å². The van der Waals surface area contributed by atoms with Crippen LogP contribution in [0.25, 0.3) is 0 Å². The maximum absolute atomic E-state index is 12.4. The first-order valence-electron chi connectivity index (χ1n) is 9.22. The lowest BCUT2D eigenvalue weighted by atomic mass is 10.1. The lowest BCUT2D eigenvalue weighted by Crippen LogP contribution is -2.32. The summed E-state index contributed by atoms with van der Waals surface area (Å²) in [6, 6.07) is 13.3. The van der Waals surface area contributed by atoms with Crippen molar-refractivity contribution in [2.75, 3.05) is 6.54 Å². The molecule has 1 aliphatic heterocycles. The molecular weight excluding hydrogens is 342 g/mol. The van der Waals surface area contributed by atoms with Crippen molar-refractivity contribution in [1.82, 2.24) is 15.2 Å². The summed E-state index contributed by atoms with van der Waals surface area (Å²) in [5.74, 6) is 0.404. The van der Waals surface area contributed by atoms with Gasteiger partial charge < -0.3 is 15.0 Å². The van der Waals surface area contributed by atoms with E-state index in [1.807, 2.05) is 56.3 Å². The number of nitrogens with one attached hydrogen (secondary N) is 1. The Hall–Kier alpha value is -2.89. The molecule has 1 aromatic carbocycles. The Kier molecular flexibility index (Phi) is 6.06. The SMILES string of the molecule is CC(C)Oc1ccc(CNC(=O)[C@H]2CC(=O)N(Cc3ccccn3)C2)cc1. The van der Waals surface area contributed by atoms with E-state index in [9.17, 15) is 9.59 Å². The molecule has 0 bridgehead atoms. The Balaban J connectivity index is 1.49. The molecule has 0 unspecified atom stereocenters. The highest BCUT2D eigenvalue weighted by molar-refractivity contribution is 5.89. The predicted molar refractivity (Wildman–Crippen MR) is 102 cm³/mol. The number of likely N-dealkylation sites (tertiary alicyclic amines) is 1. The van der Waals surface area contributed by atoms with Crippen molar-refractivity contribution in [3.63, 3.8) is 0 Å². The predicted octanol–water partition coefficient (Wildman–Crippen LogP) is 2.53. The molecule has 2 amide bonds. The van der Waals surface area contributed by atoms with E-state index in [-0.39, 0.29) is 30.3 Å². The molecule has 1 atom stereocenters. The van der Waals surface area contributed by atoms with Crippen LogP contribution in [0.4, 0.5) is 0 Å². The quantitative estimate of drug-likeness (QED) is 0.816. The number of amides is 2. The minimum Gasteiger partial charge on any atom is -0.491 e. The van der Waals surface area contributed by atoms with Gasteiger partial charge in [-0.3, -0.25) is 14.6 Å². The molecule has 1 aliphatic rings. The molecule has 6 heteroatoms. The van der Waals surface area contributed by atoms with Crippen molar-refractivity contribution in [3.05, 3.63) is 59.9 Å². The monoisotopic (exact) mass is 367 g/mol. The van der Waals surface area contributed by atoms with E-state index in [4.69, 9.17) is 4.74 Å². The van der Waals surface area contributed by atoms with Gasteiger partial charge in [-0.15, -0.1) is 0 Å². The molecule has 1 N–H and O–H groups in total. The topological polar surface area (TPSA) is 71.5 Å². The molecule has 27 heavy (non-hydrogen) atoms. The van der Waals surface area contributed by atoms with Crippen LogP contribution >= 0.6 is 0 Å². The van der Waals surface area contributed by atoms with E-state index in [0.29, 0.717) is 19.6 Å². The van der Waals surface area contributed by atoms with Gasteiger partial charge in [0.2, 0.25) is 11.8 Å². The Morgan fingerprint density at radius 2 is 2.04 bits per heavy atom.